The third-order valence-electron chi connectivity index (χ3n) is 19.2. The number of imidazole rings is 2. The molecule has 16 rings (SSSR count). The predicted octanol–water partition coefficient (Wildman–Crippen LogP) is -11.7. The van der Waals surface area contributed by atoms with Gasteiger partial charge in [0.2, 0.25) is 5.91 Å². The summed E-state index contributed by atoms with van der Waals surface area (Å²) in [7, 11) is 0. The Morgan fingerprint density at radius 1 is 0.537 bits per heavy atom. The van der Waals surface area contributed by atoms with Crippen molar-refractivity contribution in [2.24, 2.45) is 5.73 Å². The van der Waals surface area contributed by atoms with Gasteiger partial charge in [-0.3, -0.25) is 27.5 Å². The number of hydrogen-bond donors (Lipinski definition) is 9. The Kier molecular flexibility index (Phi) is 30.4. The molecule has 562 valence electrons. The maximum absolute atomic E-state index is 13.8. The van der Waals surface area contributed by atoms with Crippen molar-refractivity contribution >= 4 is 125 Å². The molecule has 6 saturated heterocycles. The van der Waals surface area contributed by atoms with Gasteiger partial charge in [0.05, 0.1) is 61.9 Å². The summed E-state index contributed by atoms with van der Waals surface area (Å²) in [5.41, 5.74) is 13.4. The molecule has 6 fully saturated rings. The molecule has 4 bridgehead atoms. The number of hydrogen-bond acceptors (Lipinski definition) is 35. The second kappa shape index (κ2) is 37.2. The largest absolute Gasteiger partial charge is 1.00 e. The second-order valence-electron chi connectivity index (χ2n) is 25.9. The van der Waals surface area contributed by atoms with Crippen LogP contribution < -0.4 is 139 Å². The zero-order chi connectivity index (χ0) is 72.6. The van der Waals surface area contributed by atoms with E-state index in [2.05, 4.69) is 67.4 Å². The molecule has 8 aromatic heterocycles. The third kappa shape index (κ3) is 18.7. The van der Waals surface area contributed by atoms with Crippen molar-refractivity contribution in [1.82, 2.24) is 73.4 Å². The number of nitrogens with one attached hydrogen (secondary N) is 1. The van der Waals surface area contributed by atoms with E-state index in [1.165, 1.54) is 47.1 Å². The van der Waals surface area contributed by atoms with E-state index >= 15 is 0 Å². The zero-order valence-electron chi connectivity index (χ0n) is 58.8. The van der Waals surface area contributed by atoms with Gasteiger partial charge in [-0.05, 0) is 107 Å². The Morgan fingerprint density at radius 2 is 0.963 bits per heavy atom. The fourth-order valence-electron chi connectivity index (χ4n) is 14.4. The first-order valence-electron chi connectivity index (χ1n) is 33.5. The van der Waals surface area contributed by atoms with Crippen LogP contribution in [0.1, 0.15) is 97.3 Å². The van der Waals surface area contributed by atoms with E-state index < -0.39 is 164 Å². The summed E-state index contributed by atoms with van der Waals surface area (Å²) in [6, 6.07) is 0. The fourth-order valence-corrected chi connectivity index (χ4v) is 20.1. The van der Waals surface area contributed by atoms with Gasteiger partial charge in [0.15, 0.2) is 36.2 Å². The van der Waals surface area contributed by atoms with E-state index in [1.54, 1.807) is 9.13 Å². The minimum atomic E-state index is -4.41. The average molecular weight is 1690 g/mol. The molecule has 50 heteroatoms. The van der Waals surface area contributed by atoms with Crippen molar-refractivity contribution < 1.29 is 223 Å². The van der Waals surface area contributed by atoms with Gasteiger partial charge in [-0.25, -0.2) is 54.4 Å². The molecule has 0 spiro atoms. The standard InChI is InChI=1S/C30H38N8O12P2S2.C28H36N8O10P2S2.4Na/c39-9-20(40)31-7-3-6-17-22-28(35-13-33-17)38(14-36-22)30-26-23(41)18(47-30)10-45-51(43,53)49-25-19(11-46-52(44,54)50-26)48-29(24(25)42)37-8-15-4-1-2-5-16-21(15)27(37)34-12-32-16;29-7-3-6-16-20-26(33-12-31-16)36(13-34-20)28-24-21(37)17(43-28)9-41-47(39,49)45-23-18(10-42-48(40,50)46-24)44-27(22(23)38)35-8-14-4-1-2-5-15-19(14)25(35)32-11-30-15;;;;/h8,12-14,18-19,23-26,29-30,39,41-42H,1-7,9-11H2,(H,31,40)(H,43,53)(H,44,54);8,11-13,17-18,21-24,27-28,37-38H,1-7,9-10,29H2,(H,39,49)(H,40,50);;;;/q;;4*+1/p-2/t18-,19-,23-,24-,25-,26-,29-,30-,51?,52?;17-,18-,21-,22-,23-,24-,27-,28-,47?,48?;;;;/m11..../s1. The second-order valence-corrected chi connectivity index (χ2v) is 37.0. The molecule has 108 heavy (non-hydrogen) atoms. The van der Waals surface area contributed by atoms with Gasteiger partial charge in [0.25, 0.3) is 0 Å². The van der Waals surface area contributed by atoms with Crippen LogP contribution in [0.3, 0.4) is 0 Å². The van der Waals surface area contributed by atoms with Gasteiger partial charge in [0, 0.05) is 29.7 Å². The molecule has 0 saturated carbocycles. The first kappa shape index (κ1) is 88.3. The molecular formula is C58H72N16Na4O22P4S4+2. The number of fused-ring (bicyclic) bond motifs is 8. The molecule has 2 aliphatic carbocycles. The van der Waals surface area contributed by atoms with Crippen LogP contribution in [-0.4, -0.2) is 224 Å². The molecular weight excluding hydrogens is 1620 g/mol. The van der Waals surface area contributed by atoms with Gasteiger partial charge < -0.3 is 102 Å². The summed E-state index contributed by atoms with van der Waals surface area (Å²) in [4.78, 5) is 94.2. The zero-order valence-corrected chi connectivity index (χ0v) is 73.7. The summed E-state index contributed by atoms with van der Waals surface area (Å²) in [5.74, 6) is -0.497. The number of nitrogens with two attached hydrogens (primary N) is 1. The van der Waals surface area contributed by atoms with Crippen molar-refractivity contribution in [2.75, 3.05) is 46.1 Å². The minimum Gasteiger partial charge on any atom is -0.780 e. The molecule has 9 N–H and O–H groups in total. The van der Waals surface area contributed by atoms with Crippen molar-refractivity contribution in [3.63, 3.8) is 0 Å². The van der Waals surface area contributed by atoms with Gasteiger partial charge in [-0.15, -0.1) is 0 Å². The van der Waals surface area contributed by atoms with Crippen LogP contribution >= 0.6 is 39.2 Å². The van der Waals surface area contributed by atoms with E-state index in [-0.39, 0.29) is 118 Å². The van der Waals surface area contributed by atoms with Crippen LogP contribution in [0, 0.1) is 0 Å². The minimum absolute atomic E-state index is 0. The molecule has 8 aromatic rings. The first-order valence-corrected chi connectivity index (χ1v) is 43.9. The summed E-state index contributed by atoms with van der Waals surface area (Å²) in [5, 5.41) is 59.2. The number of ether oxygens (including phenoxy) is 4. The van der Waals surface area contributed by atoms with Crippen molar-refractivity contribution in [2.45, 2.75) is 175 Å². The number of rotatable bonds is 12. The van der Waals surface area contributed by atoms with E-state index in [4.69, 9.17) is 101 Å². The summed E-state index contributed by atoms with van der Waals surface area (Å²) < 4.78 is 90.8. The number of amides is 1. The van der Waals surface area contributed by atoms with Crippen LogP contribution in [0.25, 0.3) is 44.4 Å². The van der Waals surface area contributed by atoms with Crippen LogP contribution in [0.5, 0.6) is 0 Å². The first-order chi connectivity index (χ1) is 50.0. The monoisotopic (exact) mass is 1690 g/mol. The maximum atomic E-state index is 13.8. The smallest absolute Gasteiger partial charge is 0.780 e. The quantitative estimate of drug-likeness (QED) is 0.0237. The molecule has 6 aliphatic heterocycles. The van der Waals surface area contributed by atoms with Gasteiger partial charge in [-0.2, -0.15) is 0 Å². The Hall–Kier alpha value is -0.500. The number of carbonyl (C=O) groups excluding carboxylic acids is 1. The normalized spacial score (nSPS) is 34.2. The molecule has 20 atom stereocenters. The Morgan fingerprint density at radius 3 is 1.44 bits per heavy atom. The van der Waals surface area contributed by atoms with Crippen molar-refractivity contribution in [3.8, 4) is 0 Å². The third-order valence-corrected chi connectivity index (χ3v) is 25.5. The van der Waals surface area contributed by atoms with E-state index in [1.807, 2.05) is 12.4 Å². The number of aryl methyl sites for hydroxylation is 6. The van der Waals surface area contributed by atoms with Gasteiger partial charge in [0.1, 0.15) is 141 Å². The molecule has 0 aromatic carbocycles. The number of carbonyl (C=O) groups is 1. The Labute approximate surface area is 724 Å². The number of aliphatic hydroxyl groups is 5. The van der Waals surface area contributed by atoms with Crippen molar-refractivity contribution in [1.29, 1.82) is 0 Å². The maximum Gasteiger partial charge on any atom is 1.00 e. The summed E-state index contributed by atoms with van der Waals surface area (Å²) in [6.07, 6.45) is 0.714. The summed E-state index contributed by atoms with van der Waals surface area (Å²) >= 11 is 20.1. The van der Waals surface area contributed by atoms with Crippen molar-refractivity contribution in [3.05, 3.63) is 84.3 Å². The van der Waals surface area contributed by atoms with E-state index in [9.17, 15) is 44.5 Å². The van der Waals surface area contributed by atoms with E-state index in [0.29, 0.717) is 83.8 Å². The summed E-state index contributed by atoms with van der Waals surface area (Å²) in [6.45, 7) is -19.2. The Balaban J connectivity index is 0.000000208. The number of thiol groups is 1. The molecule has 14 heterocycles. The molecule has 0 radical (unpaired) electrons. The SMILES string of the molecule is NCCCc1ncnc2c1ncn2[C@@H]1O[C@@H]2COP([O-])(=S)O[C@H]3[C@@H](O)[C@H](n4cc5c6c(ncnc64)CCCC5)O[C@@H]3COP(=O)(S)O[C@@H]1[C@@H]2O.O=C(CO)NCCCc1ncnc2c1ncn2[C@@H]1O[C@@H]2COP([O-])(=S)O[C@H]3[C@@H](O)[C@H](n4cc5c6c(ncnc64)CCCC5)O[C@@H]3COP(O)(=S)O[C@@H]1[C@@H]2O.[Na+].[Na+].[Na+].[Na+]. The molecule has 38 nitrogen and oxygen atoms in total. The predicted molar refractivity (Wildman–Crippen MR) is 369 cm³/mol. The molecule has 8 aliphatic rings. The average Bonchev–Trinajstić information content (AvgIpc) is 1.61. The molecule has 1 amide bonds. The fraction of sp³-hybridized carbons (Fsp3) is 0.603. The number of aliphatic hydroxyl groups excluding tert-OH is 5. The number of nitrogens with zero attached hydrogens (tertiary/aromatic N) is 14. The Bertz CT molecular complexity index is 4750. The van der Waals surface area contributed by atoms with Crippen LogP contribution in [0.15, 0.2) is 50.4 Å². The van der Waals surface area contributed by atoms with E-state index in [0.717, 1.165) is 84.7 Å². The van der Waals surface area contributed by atoms with Crippen LogP contribution in [0.2, 0.25) is 0 Å². The number of aromatic nitrogens is 14. The topological polar surface area (TPSA) is 499 Å². The molecule has 4 unspecified atom stereocenters. The van der Waals surface area contributed by atoms with Crippen LogP contribution in [0.4, 0.5) is 0 Å². The van der Waals surface area contributed by atoms with Gasteiger partial charge in [-0.1, -0.05) is 35.9 Å². The van der Waals surface area contributed by atoms with Gasteiger partial charge >= 0.3 is 132 Å². The van der Waals surface area contributed by atoms with Crippen LogP contribution in [-0.2, 0) is 138 Å².